The fourth-order valence-electron chi connectivity index (χ4n) is 1.57. The Morgan fingerprint density at radius 3 is 2.69 bits per heavy atom. The molecule has 0 aliphatic heterocycles. The van der Waals surface area contributed by atoms with E-state index in [0.717, 1.165) is 24.0 Å². The van der Waals surface area contributed by atoms with Crippen LogP contribution >= 0.6 is 0 Å². The first-order chi connectivity index (χ1) is 6.15. The molecule has 0 aromatic heterocycles. The van der Waals surface area contributed by atoms with Crippen molar-refractivity contribution < 1.29 is 0 Å². The summed E-state index contributed by atoms with van der Waals surface area (Å²) in [6, 6.07) is 8.03. The lowest BCUT2D eigenvalue weighted by molar-refractivity contribution is 0.736. The van der Waals surface area contributed by atoms with Crippen molar-refractivity contribution in [1.82, 2.24) is 0 Å². The Bertz CT molecular complexity index is 384. The van der Waals surface area contributed by atoms with Gasteiger partial charge in [0.1, 0.15) is 0 Å². The van der Waals surface area contributed by atoms with Gasteiger partial charge < -0.3 is 5.73 Å². The zero-order chi connectivity index (χ0) is 9.47. The predicted octanol–water partition coefficient (Wildman–Crippen LogP) is 1.81. The summed E-state index contributed by atoms with van der Waals surface area (Å²) in [5.74, 6) is 0. The summed E-state index contributed by atoms with van der Waals surface area (Å²) in [7, 11) is 0. The van der Waals surface area contributed by atoms with Crippen LogP contribution < -0.4 is 5.73 Å². The van der Waals surface area contributed by atoms with Gasteiger partial charge in [-0.15, -0.1) is 0 Å². The van der Waals surface area contributed by atoms with Gasteiger partial charge in [-0.25, -0.2) is 0 Å². The average molecular weight is 172 g/mol. The molecule has 1 fully saturated rings. The van der Waals surface area contributed by atoms with E-state index in [9.17, 15) is 0 Å². The van der Waals surface area contributed by atoms with Crippen molar-refractivity contribution in [3.63, 3.8) is 0 Å². The molecule has 1 aromatic carbocycles. The molecule has 0 radical (unpaired) electrons. The van der Waals surface area contributed by atoms with E-state index in [1.807, 2.05) is 25.1 Å². The standard InChI is InChI=1S/C11H12N2/c1-8-2-3-9(7-12)10(6-8)11(13)4-5-11/h2-3,6H,4-5,13H2,1H3. The predicted molar refractivity (Wildman–Crippen MR) is 51.0 cm³/mol. The molecule has 0 unspecified atom stereocenters. The Kier molecular flexibility index (Phi) is 1.64. The molecular formula is C11H12N2. The highest BCUT2D eigenvalue weighted by atomic mass is 14.8. The molecule has 1 saturated carbocycles. The topological polar surface area (TPSA) is 49.8 Å². The lowest BCUT2D eigenvalue weighted by Gasteiger charge is -2.11. The van der Waals surface area contributed by atoms with E-state index >= 15 is 0 Å². The molecule has 0 amide bonds. The van der Waals surface area contributed by atoms with Gasteiger partial charge in [-0.1, -0.05) is 17.7 Å². The van der Waals surface area contributed by atoms with E-state index < -0.39 is 0 Å². The van der Waals surface area contributed by atoms with Crippen LogP contribution in [0.4, 0.5) is 0 Å². The van der Waals surface area contributed by atoms with Crippen molar-refractivity contribution in [3.8, 4) is 6.07 Å². The molecule has 2 nitrogen and oxygen atoms in total. The van der Waals surface area contributed by atoms with Gasteiger partial charge in [0.2, 0.25) is 0 Å². The normalized spacial score (nSPS) is 17.9. The summed E-state index contributed by atoms with van der Waals surface area (Å²) in [6.07, 6.45) is 2.01. The fourth-order valence-corrected chi connectivity index (χ4v) is 1.57. The van der Waals surface area contributed by atoms with Gasteiger partial charge in [-0.3, -0.25) is 0 Å². The van der Waals surface area contributed by atoms with Crippen molar-refractivity contribution >= 4 is 0 Å². The summed E-state index contributed by atoms with van der Waals surface area (Å²) < 4.78 is 0. The van der Waals surface area contributed by atoms with Crippen LogP contribution in [0.1, 0.15) is 29.5 Å². The minimum absolute atomic E-state index is 0.197. The van der Waals surface area contributed by atoms with Crippen LogP contribution in [0.2, 0.25) is 0 Å². The number of nitriles is 1. The number of hydrogen-bond donors (Lipinski definition) is 1. The molecule has 0 atom stereocenters. The maximum Gasteiger partial charge on any atom is 0.0995 e. The van der Waals surface area contributed by atoms with Crippen LogP contribution in [0, 0.1) is 18.3 Å². The minimum Gasteiger partial charge on any atom is -0.321 e. The van der Waals surface area contributed by atoms with Crippen LogP contribution in [0.3, 0.4) is 0 Å². The van der Waals surface area contributed by atoms with E-state index in [4.69, 9.17) is 11.0 Å². The first-order valence-electron chi connectivity index (χ1n) is 4.46. The van der Waals surface area contributed by atoms with E-state index in [-0.39, 0.29) is 5.54 Å². The zero-order valence-corrected chi connectivity index (χ0v) is 7.67. The monoisotopic (exact) mass is 172 g/mol. The third-order valence-corrected chi connectivity index (χ3v) is 2.62. The number of rotatable bonds is 1. The van der Waals surface area contributed by atoms with Crippen LogP contribution in [-0.2, 0) is 5.54 Å². The first kappa shape index (κ1) is 8.28. The van der Waals surface area contributed by atoms with Gasteiger partial charge in [0.05, 0.1) is 11.6 Å². The lowest BCUT2D eigenvalue weighted by atomic mass is 9.97. The van der Waals surface area contributed by atoms with Crippen LogP contribution in [-0.4, -0.2) is 0 Å². The van der Waals surface area contributed by atoms with Gasteiger partial charge in [0.15, 0.2) is 0 Å². The smallest absolute Gasteiger partial charge is 0.0995 e. The van der Waals surface area contributed by atoms with Crippen molar-refractivity contribution in [2.45, 2.75) is 25.3 Å². The molecule has 2 heteroatoms. The second-order valence-electron chi connectivity index (χ2n) is 3.82. The molecule has 0 spiro atoms. The van der Waals surface area contributed by atoms with Crippen LogP contribution in [0.15, 0.2) is 18.2 Å². The van der Waals surface area contributed by atoms with E-state index in [1.165, 1.54) is 5.56 Å². The number of nitrogens with two attached hydrogens (primary N) is 1. The maximum atomic E-state index is 8.89. The fraction of sp³-hybridized carbons (Fsp3) is 0.364. The number of hydrogen-bond acceptors (Lipinski definition) is 2. The highest BCUT2D eigenvalue weighted by Crippen LogP contribution is 2.44. The van der Waals surface area contributed by atoms with Gasteiger partial charge in [-0.05, 0) is 31.4 Å². The molecule has 1 aromatic rings. The molecule has 66 valence electrons. The summed E-state index contributed by atoms with van der Waals surface area (Å²) >= 11 is 0. The van der Waals surface area contributed by atoms with E-state index in [1.54, 1.807) is 0 Å². The Labute approximate surface area is 78.0 Å². The Hall–Kier alpha value is -1.33. The first-order valence-corrected chi connectivity index (χ1v) is 4.46. The van der Waals surface area contributed by atoms with E-state index in [2.05, 4.69) is 6.07 Å². The van der Waals surface area contributed by atoms with Crippen molar-refractivity contribution in [2.75, 3.05) is 0 Å². The Morgan fingerprint density at radius 2 is 2.15 bits per heavy atom. The molecule has 0 heterocycles. The molecule has 1 aliphatic rings. The van der Waals surface area contributed by atoms with Gasteiger partial charge in [-0.2, -0.15) is 5.26 Å². The number of benzene rings is 1. The molecule has 0 bridgehead atoms. The van der Waals surface area contributed by atoms with E-state index in [0.29, 0.717) is 0 Å². The number of nitrogens with zero attached hydrogens (tertiary/aromatic N) is 1. The molecule has 2 rings (SSSR count). The Morgan fingerprint density at radius 1 is 1.46 bits per heavy atom. The second kappa shape index (κ2) is 2.58. The molecular weight excluding hydrogens is 160 g/mol. The Balaban J connectivity index is 2.54. The summed E-state index contributed by atoms with van der Waals surface area (Å²) in [6.45, 7) is 2.02. The third kappa shape index (κ3) is 1.32. The quantitative estimate of drug-likeness (QED) is 0.702. The SMILES string of the molecule is Cc1ccc(C#N)c(C2(N)CC2)c1. The van der Waals surface area contributed by atoms with Gasteiger partial charge in [0, 0.05) is 5.54 Å². The van der Waals surface area contributed by atoms with Gasteiger partial charge >= 0.3 is 0 Å². The largest absolute Gasteiger partial charge is 0.321 e. The average Bonchev–Trinajstić information content (AvgIpc) is 2.85. The van der Waals surface area contributed by atoms with Gasteiger partial charge in [0.25, 0.3) is 0 Å². The highest BCUT2D eigenvalue weighted by Gasteiger charge is 2.41. The zero-order valence-electron chi connectivity index (χ0n) is 7.67. The van der Waals surface area contributed by atoms with Crippen LogP contribution in [0.25, 0.3) is 0 Å². The van der Waals surface area contributed by atoms with Crippen molar-refractivity contribution in [3.05, 3.63) is 34.9 Å². The summed E-state index contributed by atoms with van der Waals surface area (Å²) in [5.41, 5.74) is 8.79. The lowest BCUT2D eigenvalue weighted by Crippen LogP contribution is -2.20. The van der Waals surface area contributed by atoms with Crippen molar-refractivity contribution in [2.24, 2.45) is 5.73 Å². The molecule has 2 N–H and O–H groups in total. The highest BCUT2D eigenvalue weighted by molar-refractivity contribution is 5.46. The number of aryl methyl sites for hydroxylation is 1. The third-order valence-electron chi connectivity index (χ3n) is 2.62. The van der Waals surface area contributed by atoms with Crippen molar-refractivity contribution in [1.29, 1.82) is 5.26 Å². The maximum absolute atomic E-state index is 8.89. The second-order valence-corrected chi connectivity index (χ2v) is 3.82. The van der Waals surface area contributed by atoms with Crippen LogP contribution in [0.5, 0.6) is 0 Å². The minimum atomic E-state index is -0.197. The molecule has 1 aliphatic carbocycles. The summed E-state index contributed by atoms with van der Waals surface area (Å²) in [4.78, 5) is 0. The molecule has 0 saturated heterocycles. The molecule has 13 heavy (non-hydrogen) atoms. The summed E-state index contributed by atoms with van der Waals surface area (Å²) in [5, 5.41) is 8.89.